The number of aliphatic hydroxyl groups excluding tert-OH is 1. The zero-order valence-electron chi connectivity index (χ0n) is 19.8. The number of morpholine rings is 1. The van der Waals surface area contributed by atoms with Crippen molar-refractivity contribution in [2.24, 2.45) is 40.4 Å². The van der Waals surface area contributed by atoms with Gasteiger partial charge in [0, 0.05) is 37.4 Å². The van der Waals surface area contributed by atoms with E-state index in [4.69, 9.17) is 4.74 Å². The van der Waals surface area contributed by atoms with Crippen molar-refractivity contribution in [3.63, 3.8) is 0 Å². The van der Waals surface area contributed by atoms with Crippen LogP contribution in [0, 0.1) is 40.4 Å². The quantitative estimate of drug-likeness (QED) is 0.725. The maximum atomic E-state index is 13.8. The van der Waals surface area contributed by atoms with Crippen molar-refractivity contribution in [2.45, 2.75) is 90.9 Å². The standard InChI is InChI=1S/C26H41NO4/c1-15-14-27(9-10-31-15)21-12-25(3)17(11-22(21)29)5-6-18-20-8-7-19(16(2)28)26(20,4)13-23(30)24(18)25/h15,17-22,24,29H,5-14H2,1-4H3/t15-,17+,18+,19-,20+,21+,22+,24-,25+,26-/m1/s1. The number of hydrogen-bond donors (Lipinski definition) is 1. The van der Waals surface area contributed by atoms with Crippen LogP contribution in [0.25, 0.3) is 0 Å². The van der Waals surface area contributed by atoms with Crippen LogP contribution in [0.3, 0.4) is 0 Å². The summed E-state index contributed by atoms with van der Waals surface area (Å²) in [6.45, 7) is 10.9. The average molecular weight is 432 g/mol. The van der Waals surface area contributed by atoms with Crippen molar-refractivity contribution in [2.75, 3.05) is 19.7 Å². The number of hydrogen-bond acceptors (Lipinski definition) is 5. The molecule has 5 aliphatic rings. The third-order valence-corrected chi connectivity index (χ3v) is 10.6. The fraction of sp³-hybridized carbons (Fsp3) is 0.923. The molecule has 1 aliphatic heterocycles. The molecule has 5 fully saturated rings. The molecule has 1 heterocycles. The van der Waals surface area contributed by atoms with Gasteiger partial charge in [-0.05, 0) is 81.0 Å². The van der Waals surface area contributed by atoms with Crippen molar-refractivity contribution in [3.05, 3.63) is 0 Å². The number of carbonyl (C=O) groups is 2. The Balaban J connectivity index is 1.44. The molecule has 5 rings (SSSR count). The molecule has 0 aromatic rings. The Labute approximate surface area is 187 Å². The second kappa shape index (κ2) is 7.63. The van der Waals surface area contributed by atoms with Crippen molar-refractivity contribution >= 4 is 11.6 Å². The summed E-state index contributed by atoms with van der Waals surface area (Å²) >= 11 is 0. The third kappa shape index (κ3) is 3.28. The van der Waals surface area contributed by atoms with E-state index in [-0.39, 0.29) is 46.7 Å². The highest BCUT2D eigenvalue weighted by Gasteiger charge is 2.64. The number of nitrogens with zero attached hydrogens (tertiary/aromatic N) is 1. The van der Waals surface area contributed by atoms with E-state index >= 15 is 0 Å². The van der Waals surface area contributed by atoms with Crippen LogP contribution in [0.1, 0.15) is 72.6 Å². The summed E-state index contributed by atoms with van der Waals surface area (Å²) in [5.41, 5.74) is -0.179. The number of Topliss-reactive ketones (excluding diaryl/α,β-unsaturated/α-hetero) is 2. The first kappa shape index (κ1) is 22.0. The SMILES string of the molecule is CC(=O)[C@H]1CC[C@H]2[C@@H]3CC[C@H]4C[C@H](O)[C@@H](N5CCO[C@H](C)C5)C[C@]4(C)[C@H]3C(=O)C[C@]12C. The van der Waals surface area contributed by atoms with E-state index in [2.05, 4.69) is 25.7 Å². The number of carbonyl (C=O) groups excluding carboxylic acids is 2. The van der Waals surface area contributed by atoms with E-state index in [9.17, 15) is 14.7 Å². The Morgan fingerprint density at radius 2 is 1.94 bits per heavy atom. The van der Waals surface area contributed by atoms with Crippen LogP contribution in [0.4, 0.5) is 0 Å². The van der Waals surface area contributed by atoms with E-state index < -0.39 is 0 Å². The van der Waals surface area contributed by atoms with Gasteiger partial charge in [0.2, 0.25) is 0 Å². The molecule has 174 valence electrons. The predicted octanol–water partition coefficient (Wildman–Crippen LogP) is 3.47. The second-order valence-corrected chi connectivity index (χ2v) is 12.2. The fourth-order valence-electron chi connectivity index (χ4n) is 9.28. The first-order valence-corrected chi connectivity index (χ1v) is 12.7. The maximum Gasteiger partial charge on any atom is 0.137 e. The molecule has 0 aromatic carbocycles. The molecular formula is C26H41NO4. The molecule has 31 heavy (non-hydrogen) atoms. The van der Waals surface area contributed by atoms with E-state index in [1.807, 2.05) is 0 Å². The van der Waals surface area contributed by atoms with Crippen LogP contribution in [-0.2, 0) is 14.3 Å². The van der Waals surface area contributed by atoms with E-state index in [0.29, 0.717) is 30.0 Å². The Morgan fingerprint density at radius 1 is 1.16 bits per heavy atom. The Bertz CT molecular complexity index is 754. The van der Waals surface area contributed by atoms with E-state index in [1.165, 1.54) is 0 Å². The Morgan fingerprint density at radius 3 is 2.65 bits per heavy atom. The molecule has 0 amide bonds. The summed E-state index contributed by atoms with van der Waals surface area (Å²) in [5.74, 6) is 2.18. The molecule has 0 bridgehead atoms. The van der Waals surface area contributed by atoms with E-state index in [0.717, 1.165) is 58.2 Å². The lowest BCUT2D eigenvalue weighted by Gasteiger charge is -2.61. The lowest BCUT2D eigenvalue weighted by atomic mass is 9.43. The van der Waals surface area contributed by atoms with Gasteiger partial charge in [0.1, 0.15) is 11.6 Å². The number of rotatable bonds is 2. The van der Waals surface area contributed by atoms with Crippen molar-refractivity contribution < 1.29 is 19.4 Å². The van der Waals surface area contributed by atoms with Gasteiger partial charge in [-0.15, -0.1) is 0 Å². The number of fused-ring (bicyclic) bond motifs is 5. The molecule has 10 atom stereocenters. The van der Waals surface area contributed by atoms with E-state index in [1.54, 1.807) is 6.92 Å². The van der Waals surface area contributed by atoms with Crippen LogP contribution < -0.4 is 0 Å². The Hall–Kier alpha value is -0.780. The van der Waals surface area contributed by atoms with Crippen LogP contribution in [-0.4, -0.2) is 59.5 Å². The first-order valence-electron chi connectivity index (χ1n) is 12.7. The average Bonchev–Trinajstić information content (AvgIpc) is 3.04. The normalized spacial score (nSPS) is 52.9. The van der Waals surface area contributed by atoms with Gasteiger partial charge in [-0.1, -0.05) is 13.8 Å². The number of ketones is 2. The van der Waals surface area contributed by atoms with Gasteiger partial charge in [-0.3, -0.25) is 14.5 Å². The van der Waals surface area contributed by atoms with Crippen molar-refractivity contribution in [3.8, 4) is 0 Å². The zero-order valence-corrected chi connectivity index (χ0v) is 19.8. The minimum Gasteiger partial charge on any atom is -0.391 e. The molecule has 4 saturated carbocycles. The molecule has 4 aliphatic carbocycles. The molecule has 1 saturated heterocycles. The predicted molar refractivity (Wildman–Crippen MR) is 118 cm³/mol. The minimum absolute atomic E-state index is 0.0406. The molecule has 0 radical (unpaired) electrons. The Kier molecular flexibility index (Phi) is 5.42. The first-order chi connectivity index (χ1) is 14.6. The summed E-state index contributed by atoms with van der Waals surface area (Å²) in [5, 5.41) is 11.1. The zero-order chi connectivity index (χ0) is 22.1. The van der Waals surface area contributed by atoms with Crippen LogP contribution in [0.15, 0.2) is 0 Å². The summed E-state index contributed by atoms with van der Waals surface area (Å²) in [6, 6.07) is 0.126. The van der Waals surface area contributed by atoms with Crippen molar-refractivity contribution in [1.82, 2.24) is 4.90 Å². The number of ether oxygens (including phenoxy) is 1. The van der Waals surface area contributed by atoms with Crippen LogP contribution in [0.2, 0.25) is 0 Å². The molecule has 0 aromatic heterocycles. The van der Waals surface area contributed by atoms with Crippen LogP contribution >= 0.6 is 0 Å². The van der Waals surface area contributed by atoms with Gasteiger partial charge in [0.05, 0.1) is 18.8 Å². The minimum atomic E-state index is -0.308. The summed E-state index contributed by atoms with van der Waals surface area (Å²) < 4.78 is 5.75. The molecule has 5 heteroatoms. The smallest absolute Gasteiger partial charge is 0.137 e. The van der Waals surface area contributed by atoms with Crippen LogP contribution in [0.5, 0.6) is 0 Å². The monoisotopic (exact) mass is 431 g/mol. The highest BCUT2D eigenvalue weighted by Crippen LogP contribution is 2.66. The lowest BCUT2D eigenvalue weighted by Crippen LogP contribution is -2.63. The molecular weight excluding hydrogens is 390 g/mol. The fourth-order valence-corrected chi connectivity index (χ4v) is 9.28. The van der Waals surface area contributed by atoms with Gasteiger partial charge in [-0.2, -0.15) is 0 Å². The van der Waals surface area contributed by atoms with Crippen molar-refractivity contribution in [1.29, 1.82) is 0 Å². The number of aliphatic hydroxyl groups is 1. The highest BCUT2D eigenvalue weighted by atomic mass is 16.5. The summed E-state index contributed by atoms with van der Waals surface area (Å²) in [6.07, 6.45) is 6.47. The molecule has 0 spiro atoms. The van der Waals surface area contributed by atoms with Gasteiger partial charge < -0.3 is 9.84 Å². The second-order valence-electron chi connectivity index (χ2n) is 12.2. The molecule has 5 nitrogen and oxygen atoms in total. The maximum absolute atomic E-state index is 13.8. The van der Waals surface area contributed by atoms with Gasteiger partial charge >= 0.3 is 0 Å². The summed E-state index contributed by atoms with van der Waals surface area (Å²) in [7, 11) is 0. The largest absolute Gasteiger partial charge is 0.391 e. The van der Waals surface area contributed by atoms with Gasteiger partial charge in [0.15, 0.2) is 0 Å². The summed E-state index contributed by atoms with van der Waals surface area (Å²) in [4.78, 5) is 28.6. The highest BCUT2D eigenvalue weighted by molar-refractivity contribution is 5.87. The lowest BCUT2D eigenvalue weighted by molar-refractivity contribution is -0.172. The molecule has 0 unspecified atom stereocenters. The van der Waals surface area contributed by atoms with Gasteiger partial charge in [0.25, 0.3) is 0 Å². The topological polar surface area (TPSA) is 66.8 Å². The van der Waals surface area contributed by atoms with Gasteiger partial charge in [-0.25, -0.2) is 0 Å². The molecule has 1 N–H and O–H groups in total. The third-order valence-electron chi connectivity index (χ3n) is 10.6.